The molecule has 0 spiro atoms. The predicted octanol–water partition coefficient (Wildman–Crippen LogP) is 5.15. The fourth-order valence-electron chi connectivity index (χ4n) is 3.93. The normalized spacial score (nSPS) is 20.9. The van der Waals surface area contributed by atoms with Crippen molar-refractivity contribution in [1.29, 1.82) is 0 Å². The van der Waals surface area contributed by atoms with E-state index in [2.05, 4.69) is 60.3 Å². The summed E-state index contributed by atoms with van der Waals surface area (Å²) in [5.41, 5.74) is 4.98. The molecule has 0 radical (unpaired) electrons. The van der Waals surface area contributed by atoms with E-state index in [9.17, 15) is 0 Å². The number of pyridine rings is 1. The molecular weight excluding hydrogens is 340 g/mol. The summed E-state index contributed by atoms with van der Waals surface area (Å²) in [6.07, 6.45) is 13.4. The van der Waals surface area contributed by atoms with Crippen LogP contribution in [0.1, 0.15) is 51.0 Å². The van der Waals surface area contributed by atoms with Crippen LogP contribution in [0.15, 0.2) is 36.9 Å². The predicted molar refractivity (Wildman–Crippen MR) is 110 cm³/mol. The number of hydrogen-bond donors (Lipinski definition) is 0. The van der Waals surface area contributed by atoms with Crippen LogP contribution in [0, 0.1) is 5.92 Å². The Kier molecular flexibility index (Phi) is 5.07. The first-order valence-electron chi connectivity index (χ1n) is 9.68. The van der Waals surface area contributed by atoms with Gasteiger partial charge in [0.1, 0.15) is 0 Å². The summed E-state index contributed by atoms with van der Waals surface area (Å²) in [6.45, 7) is 4.63. The first kappa shape index (κ1) is 17.7. The first-order valence-corrected chi connectivity index (χ1v) is 10.7. The molecule has 0 aromatic carbocycles. The third-order valence-electron chi connectivity index (χ3n) is 5.36. The van der Waals surface area contributed by atoms with Gasteiger partial charge < -0.3 is 0 Å². The minimum atomic E-state index is 0.660. The van der Waals surface area contributed by atoms with Crippen molar-refractivity contribution >= 4 is 17.3 Å². The molecule has 0 amide bonds. The molecule has 4 rings (SSSR count). The molecule has 0 N–H and O–H groups in total. The molecule has 0 unspecified atom stereocenters. The molecule has 1 saturated carbocycles. The second-order valence-corrected chi connectivity index (χ2v) is 9.28. The molecule has 4 nitrogen and oxygen atoms in total. The van der Waals surface area contributed by atoms with Gasteiger partial charge in [0.15, 0.2) is 0 Å². The molecular formula is C21H28N4S. The van der Waals surface area contributed by atoms with Gasteiger partial charge in [0.25, 0.3) is 0 Å². The van der Waals surface area contributed by atoms with Crippen LogP contribution in [0.3, 0.4) is 0 Å². The Morgan fingerprint density at radius 3 is 2.54 bits per heavy atom. The van der Waals surface area contributed by atoms with E-state index < -0.39 is 0 Å². The van der Waals surface area contributed by atoms with Gasteiger partial charge >= 0.3 is 0 Å². The van der Waals surface area contributed by atoms with E-state index in [1.807, 2.05) is 28.6 Å². The molecule has 3 heterocycles. The molecule has 0 bridgehead atoms. The zero-order chi connectivity index (χ0) is 18.1. The summed E-state index contributed by atoms with van der Waals surface area (Å²) in [5, 5.41) is 9.77. The molecule has 1 fully saturated rings. The van der Waals surface area contributed by atoms with E-state index in [4.69, 9.17) is 0 Å². The Labute approximate surface area is 160 Å². The highest BCUT2D eigenvalue weighted by Crippen LogP contribution is 2.39. The summed E-state index contributed by atoms with van der Waals surface area (Å²) in [6, 6.07) is 4.42. The van der Waals surface area contributed by atoms with Gasteiger partial charge in [-0.15, -0.1) is 0 Å². The SMILES string of the molecule is CC(C)CSC1CCC(c2cnn3cc(-c4cnn(C)c4)ccc23)CC1. The minimum absolute atomic E-state index is 0.660. The van der Waals surface area contributed by atoms with Crippen molar-refractivity contribution < 1.29 is 0 Å². The summed E-state index contributed by atoms with van der Waals surface area (Å²) in [4.78, 5) is 0. The number of nitrogens with zero attached hydrogens (tertiary/aromatic N) is 4. The Bertz CT molecular complexity index is 871. The highest BCUT2D eigenvalue weighted by Gasteiger charge is 2.25. The quantitative estimate of drug-likeness (QED) is 0.625. The average molecular weight is 369 g/mol. The molecule has 1 aliphatic rings. The summed E-state index contributed by atoms with van der Waals surface area (Å²) in [5.74, 6) is 2.75. The fourth-order valence-corrected chi connectivity index (χ4v) is 5.19. The van der Waals surface area contributed by atoms with E-state index in [0.29, 0.717) is 5.92 Å². The van der Waals surface area contributed by atoms with Gasteiger partial charge in [0, 0.05) is 41.4 Å². The van der Waals surface area contributed by atoms with Crippen molar-refractivity contribution in [2.45, 2.75) is 50.7 Å². The lowest BCUT2D eigenvalue weighted by atomic mass is 9.84. The van der Waals surface area contributed by atoms with Crippen molar-refractivity contribution in [3.63, 3.8) is 0 Å². The molecule has 26 heavy (non-hydrogen) atoms. The Hall–Kier alpha value is -1.75. The number of aromatic nitrogens is 4. The number of thioether (sulfide) groups is 1. The van der Waals surface area contributed by atoms with Gasteiger partial charge in [-0.1, -0.05) is 19.9 Å². The summed E-state index contributed by atoms with van der Waals surface area (Å²) >= 11 is 2.18. The van der Waals surface area contributed by atoms with Crippen LogP contribution in [0.2, 0.25) is 0 Å². The third-order valence-corrected chi connectivity index (χ3v) is 7.17. The van der Waals surface area contributed by atoms with Crippen LogP contribution in [-0.2, 0) is 7.05 Å². The van der Waals surface area contributed by atoms with Crippen LogP contribution < -0.4 is 0 Å². The monoisotopic (exact) mass is 368 g/mol. The standard InChI is InChI=1S/C21H28N4S/c1-15(2)14-26-19-7-4-16(5-8-19)20-11-23-25-13-17(6-9-21(20)25)18-10-22-24(3)12-18/h6,9-13,15-16,19H,4-5,7-8,14H2,1-3H3. The van der Waals surface area contributed by atoms with E-state index in [0.717, 1.165) is 22.3 Å². The third kappa shape index (κ3) is 3.68. The Morgan fingerprint density at radius 2 is 1.85 bits per heavy atom. The van der Waals surface area contributed by atoms with E-state index >= 15 is 0 Å². The fraction of sp³-hybridized carbons (Fsp3) is 0.524. The second-order valence-electron chi connectivity index (χ2n) is 7.95. The average Bonchev–Trinajstić information content (AvgIpc) is 3.26. The van der Waals surface area contributed by atoms with Crippen LogP contribution in [0.4, 0.5) is 0 Å². The maximum absolute atomic E-state index is 4.65. The van der Waals surface area contributed by atoms with Gasteiger partial charge in [-0.05, 0) is 49.3 Å². The van der Waals surface area contributed by atoms with Crippen molar-refractivity contribution in [3.05, 3.63) is 42.5 Å². The lowest BCUT2D eigenvalue weighted by Crippen LogP contribution is -2.16. The highest BCUT2D eigenvalue weighted by molar-refractivity contribution is 7.99. The number of aryl methyl sites for hydroxylation is 1. The van der Waals surface area contributed by atoms with Crippen molar-refractivity contribution in [3.8, 4) is 11.1 Å². The Balaban J connectivity index is 1.48. The Morgan fingerprint density at radius 1 is 1.04 bits per heavy atom. The molecule has 0 atom stereocenters. The van der Waals surface area contributed by atoms with Gasteiger partial charge in [-0.3, -0.25) is 4.68 Å². The second kappa shape index (κ2) is 7.47. The molecule has 0 saturated heterocycles. The van der Waals surface area contributed by atoms with Crippen LogP contribution in [0.25, 0.3) is 16.6 Å². The minimum Gasteiger partial charge on any atom is -0.275 e. The van der Waals surface area contributed by atoms with Crippen LogP contribution >= 0.6 is 11.8 Å². The van der Waals surface area contributed by atoms with E-state index in [-0.39, 0.29) is 0 Å². The number of rotatable bonds is 5. The molecule has 0 aliphatic heterocycles. The van der Waals surface area contributed by atoms with Gasteiger partial charge in [-0.25, -0.2) is 4.52 Å². The maximum atomic E-state index is 4.65. The topological polar surface area (TPSA) is 35.1 Å². The van der Waals surface area contributed by atoms with Gasteiger partial charge in [-0.2, -0.15) is 22.0 Å². The maximum Gasteiger partial charge on any atom is 0.0696 e. The van der Waals surface area contributed by atoms with Crippen molar-refractivity contribution in [2.75, 3.05) is 5.75 Å². The molecule has 1 aliphatic carbocycles. The van der Waals surface area contributed by atoms with E-state index in [1.54, 1.807) is 0 Å². The lowest BCUT2D eigenvalue weighted by Gasteiger charge is -2.28. The summed E-state index contributed by atoms with van der Waals surface area (Å²) in [7, 11) is 1.95. The molecule has 138 valence electrons. The largest absolute Gasteiger partial charge is 0.275 e. The number of fused-ring (bicyclic) bond motifs is 1. The smallest absolute Gasteiger partial charge is 0.0696 e. The van der Waals surface area contributed by atoms with Crippen molar-refractivity contribution in [1.82, 2.24) is 19.4 Å². The zero-order valence-electron chi connectivity index (χ0n) is 15.9. The lowest BCUT2D eigenvalue weighted by molar-refractivity contribution is 0.454. The summed E-state index contributed by atoms with van der Waals surface area (Å²) < 4.78 is 3.88. The van der Waals surface area contributed by atoms with Crippen molar-refractivity contribution in [2.24, 2.45) is 13.0 Å². The van der Waals surface area contributed by atoms with Crippen LogP contribution in [0.5, 0.6) is 0 Å². The first-order chi connectivity index (χ1) is 12.6. The molecule has 5 heteroatoms. The van der Waals surface area contributed by atoms with Crippen LogP contribution in [-0.4, -0.2) is 30.4 Å². The molecule has 3 aromatic rings. The van der Waals surface area contributed by atoms with Gasteiger partial charge in [0.05, 0.1) is 17.9 Å². The molecule has 3 aromatic heterocycles. The van der Waals surface area contributed by atoms with Gasteiger partial charge in [0.2, 0.25) is 0 Å². The number of hydrogen-bond acceptors (Lipinski definition) is 3. The van der Waals surface area contributed by atoms with E-state index in [1.165, 1.54) is 42.5 Å². The highest BCUT2D eigenvalue weighted by atomic mass is 32.2. The zero-order valence-corrected chi connectivity index (χ0v) is 16.7.